The number of anilines is 1. The Morgan fingerprint density at radius 2 is 2.29 bits per heavy atom. The average molecular weight is 238 g/mol. The minimum Gasteiger partial charge on any atom is -0.374 e. The smallest absolute Gasteiger partial charge is 0.374 e. The Labute approximate surface area is 100 Å². The first-order valence-electron chi connectivity index (χ1n) is 5.60. The lowest BCUT2D eigenvalue weighted by Gasteiger charge is -2.19. The lowest BCUT2D eigenvalue weighted by atomic mass is 10.0. The third-order valence-electron chi connectivity index (χ3n) is 2.36. The van der Waals surface area contributed by atoms with Gasteiger partial charge >= 0.3 is 5.82 Å². The van der Waals surface area contributed by atoms with Crippen LogP contribution in [0, 0.1) is 16.0 Å². The molecule has 1 rings (SSSR count). The molecule has 1 atom stereocenters. The van der Waals surface area contributed by atoms with Gasteiger partial charge in [-0.2, -0.15) is 0 Å². The fourth-order valence-electron chi connectivity index (χ4n) is 1.66. The quantitative estimate of drug-likeness (QED) is 0.582. The van der Waals surface area contributed by atoms with E-state index in [9.17, 15) is 10.1 Å². The molecule has 17 heavy (non-hydrogen) atoms. The van der Waals surface area contributed by atoms with Crippen LogP contribution in [0.3, 0.4) is 0 Å². The van der Waals surface area contributed by atoms with Crippen LogP contribution in [0.1, 0.15) is 20.3 Å². The van der Waals surface area contributed by atoms with Crippen LogP contribution in [-0.4, -0.2) is 22.5 Å². The van der Waals surface area contributed by atoms with Crippen molar-refractivity contribution in [2.75, 3.05) is 11.9 Å². The molecule has 0 aliphatic heterocycles. The number of hydrogen-bond donors (Lipinski definition) is 2. The SMILES string of the molecule is CC(C)CC(CN)Nc1cccnc1[N+](=O)[O-]. The van der Waals surface area contributed by atoms with Gasteiger partial charge in [-0.05, 0) is 34.4 Å². The van der Waals surface area contributed by atoms with E-state index in [0.29, 0.717) is 18.2 Å². The summed E-state index contributed by atoms with van der Waals surface area (Å²) in [5, 5.41) is 13.9. The van der Waals surface area contributed by atoms with Crippen molar-refractivity contribution >= 4 is 11.5 Å². The number of rotatable bonds is 6. The van der Waals surface area contributed by atoms with Crippen LogP contribution in [0.4, 0.5) is 11.5 Å². The van der Waals surface area contributed by atoms with E-state index in [0.717, 1.165) is 6.42 Å². The maximum absolute atomic E-state index is 10.8. The molecule has 0 radical (unpaired) electrons. The fraction of sp³-hybridized carbons (Fsp3) is 0.545. The molecule has 1 aromatic heterocycles. The van der Waals surface area contributed by atoms with Crippen molar-refractivity contribution in [2.45, 2.75) is 26.3 Å². The van der Waals surface area contributed by atoms with Gasteiger partial charge < -0.3 is 21.2 Å². The monoisotopic (exact) mass is 238 g/mol. The largest absolute Gasteiger partial charge is 0.386 e. The molecule has 1 aromatic rings. The number of nitrogens with zero attached hydrogens (tertiary/aromatic N) is 2. The van der Waals surface area contributed by atoms with E-state index < -0.39 is 4.92 Å². The Morgan fingerprint density at radius 1 is 1.59 bits per heavy atom. The number of aromatic nitrogens is 1. The molecule has 1 heterocycles. The van der Waals surface area contributed by atoms with Gasteiger partial charge in [0.05, 0.1) is 0 Å². The van der Waals surface area contributed by atoms with Crippen LogP contribution in [-0.2, 0) is 0 Å². The summed E-state index contributed by atoms with van der Waals surface area (Å²) >= 11 is 0. The Hall–Kier alpha value is -1.69. The molecule has 0 bridgehead atoms. The van der Waals surface area contributed by atoms with Crippen LogP contribution in [0.2, 0.25) is 0 Å². The lowest BCUT2D eigenvalue weighted by molar-refractivity contribution is -0.388. The first-order valence-corrected chi connectivity index (χ1v) is 5.60. The lowest BCUT2D eigenvalue weighted by Crippen LogP contribution is -2.30. The van der Waals surface area contributed by atoms with E-state index in [-0.39, 0.29) is 11.9 Å². The molecule has 0 aliphatic carbocycles. The van der Waals surface area contributed by atoms with Crippen molar-refractivity contribution in [3.8, 4) is 0 Å². The van der Waals surface area contributed by atoms with E-state index in [1.807, 2.05) is 0 Å². The Balaban J connectivity index is 2.82. The summed E-state index contributed by atoms with van der Waals surface area (Å²) in [4.78, 5) is 14.0. The summed E-state index contributed by atoms with van der Waals surface area (Å²) in [6.07, 6.45) is 2.27. The second kappa shape index (κ2) is 6.15. The number of nitrogens with one attached hydrogen (secondary N) is 1. The minimum atomic E-state index is -0.495. The third kappa shape index (κ3) is 3.99. The predicted octanol–water partition coefficient (Wildman–Crippen LogP) is 1.78. The van der Waals surface area contributed by atoms with E-state index in [1.54, 1.807) is 12.1 Å². The summed E-state index contributed by atoms with van der Waals surface area (Å²) < 4.78 is 0. The molecule has 3 N–H and O–H groups in total. The van der Waals surface area contributed by atoms with Gasteiger partial charge in [0.1, 0.15) is 11.9 Å². The number of hydrogen-bond acceptors (Lipinski definition) is 5. The molecule has 0 saturated heterocycles. The highest BCUT2D eigenvalue weighted by atomic mass is 16.6. The molecule has 0 saturated carbocycles. The second-order valence-corrected chi connectivity index (χ2v) is 4.34. The topological polar surface area (TPSA) is 94.1 Å². The molecule has 0 amide bonds. The molecule has 0 spiro atoms. The maximum atomic E-state index is 10.8. The summed E-state index contributed by atoms with van der Waals surface area (Å²) in [6, 6.07) is 3.34. The molecule has 6 heteroatoms. The van der Waals surface area contributed by atoms with Gasteiger partial charge in [-0.3, -0.25) is 0 Å². The molecule has 0 aliphatic rings. The first kappa shape index (κ1) is 13.4. The number of nitro groups is 1. The first-order chi connectivity index (χ1) is 8.04. The van der Waals surface area contributed by atoms with Gasteiger partial charge in [0.25, 0.3) is 0 Å². The zero-order valence-corrected chi connectivity index (χ0v) is 10.1. The van der Waals surface area contributed by atoms with Gasteiger partial charge in [0, 0.05) is 12.6 Å². The molecule has 1 unspecified atom stereocenters. The minimum absolute atomic E-state index is 0.0258. The van der Waals surface area contributed by atoms with Gasteiger partial charge in [-0.25, -0.2) is 0 Å². The van der Waals surface area contributed by atoms with E-state index in [2.05, 4.69) is 24.1 Å². The van der Waals surface area contributed by atoms with Gasteiger partial charge in [-0.1, -0.05) is 13.8 Å². The number of pyridine rings is 1. The zero-order valence-electron chi connectivity index (χ0n) is 10.1. The maximum Gasteiger partial charge on any atom is 0.386 e. The fourth-order valence-corrected chi connectivity index (χ4v) is 1.66. The normalized spacial score (nSPS) is 12.5. The van der Waals surface area contributed by atoms with Crippen molar-refractivity contribution in [3.63, 3.8) is 0 Å². The van der Waals surface area contributed by atoms with Crippen LogP contribution in [0.15, 0.2) is 18.3 Å². The summed E-state index contributed by atoms with van der Waals surface area (Å²) in [5.41, 5.74) is 6.07. The Bertz CT molecular complexity index is 381. The van der Waals surface area contributed by atoms with E-state index in [4.69, 9.17) is 5.73 Å². The van der Waals surface area contributed by atoms with E-state index in [1.165, 1.54) is 6.20 Å². The van der Waals surface area contributed by atoms with Crippen molar-refractivity contribution in [1.82, 2.24) is 4.98 Å². The highest BCUT2D eigenvalue weighted by Gasteiger charge is 2.17. The average Bonchev–Trinajstić information content (AvgIpc) is 2.28. The Morgan fingerprint density at radius 3 is 2.82 bits per heavy atom. The van der Waals surface area contributed by atoms with Gasteiger partial charge in [0.15, 0.2) is 0 Å². The molecular weight excluding hydrogens is 220 g/mol. The van der Waals surface area contributed by atoms with Crippen molar-refractivity contribution in [2.24, 2.45) is 11.7 Å². The highest BCUT2D eigenvalue weighted by molar-refractivity contribution is 5.57. The molecule has 0 fully saturated rings. The molecule has 0 aromatic carbocycles. The predicted molar refractivity (Wildman–Crippen MR) is 66.8 cm³/mol. The van der Waals surface area contributed by atoms with Crippen molar-refractivity contribution in [3.05, 3.63) is 28.4 Å². The van der Waals surface area contributed by atoms with Crippen LogP contribution < -0.4 is 11.1 Å². The third-order valence-corrected chi connectivity index (χ3v) is 2.36. The van der Waals surface area contributed by atoms with Crippen LogP contribution in [0.25, 0.3) is 0 Å². The van der Waals surface area contributed by atoms with Gasteiger partial charge in [0.2, 0.25) is 0 Å². The second-order valence-electron chi connectivity index (χ2n) is 4.34. The Kier molecular flexibility index (Phi) is 4.84. The molecule has 94 valence electrons. The summed E-state index contributed by atoms with van der Waals surface area (Å²) in [7, 11) is 0. The highest BCUT2D eigenvalue weighted by Crippen LogP contribution is 2.22. The molecule has 6 nitrogen and oxygen atoms in total. The summed E-state index contributed by atoms with van der Waals surface area (Å²) in [5.74, 6) is 0.321. The van der Waals surface area contributed by atoms with Crippen molar-refractivity contribution < 1.29 is 4.92 Å². The number of nitrogens with two attached hydrogens (primary N) is 1. The van der Waals surface area contributed by atoms with Gasteiger partial charge in [-0.15, -0.1) is 0 Å². The van der Waals surface area contributed by atoms with Crippen LogP contribution in [0.5, 0.6) is 0 Å². The standard InChI is InChI=1S/C11H18N4O2/c1-8(2)6-9(7-12)14-10-4-3-5-13-11(10)15(16)17/h3-5,8-9,14H,6-7,12H2,1-2H3. The van der Waals surface area contributed by atoms with Crippen molar-refractivity contribution in [1.29, 1.82) is 0 Å². The van der Waals surface area contributed by atoms with E-state index >= 15 is 0 Å². The summed E-state index contributed by atoms with van der Waals surface area (Å²) in [6.45, 7) is 4.61. The molecular formula is C11H18N4O2. The van der Waals surface area contributed by atoms with Crippen LogP contribution >= 0.6 is 0 Å². The zero-order chi connectivity index (χ0) is 12.8.